The van der Waals surface area contributed by atoms with E-state index < -0.39 is 43.9 Å². The summed E-state index contributed by atoms with van der Waals surface area (Å²) in [6, 6.07) is 0. The Morgan fingerprint density at radius 3 is 0.368 bits per heavy atom. The molecule has 0 aromatic carbocycles. The number of unbranched alkanes of at least 4 members (excludes halogenated alkanes) is 12. The van der Waals surface area contributed by atoms with Gasteiger partial charge in [0.1, 0.15) is 0 Å². The summed E-state index contributed by atoms with van der Waals surface area (Å²) < 4.78 is 31.5. The molecular formula is C108H204O8Sn. The van der Waals surface area contributed by atoms with Crippen LogP contribution in [-0.2, 0) is 31.5 Å². The van der Waals surface area contributed by atoms with Crippen molar-refractivity contribution in [3.63, 3.8) is 0 Å². The zero-order valence-corrected chi connectivity index (χ0v) is 86.0. The van der Waals surface area contributed by atoms with E-state index in [-0.39, 0.29) is 23.7 Å². The first-order valence-electron chi connectivity index (χ1n) is 52.4. The molecule has 0 rings (SSSR count). The molecule has 0 saturated carbocycles. The van der Waals surface area contributed by atoms with E-state index >= 15 is 19.2 Å². The number of hydrogen-bond donors (Lipinski definition) is 0. The second kappa shape index (κ2) is 73.9. The molecule has 0 aliphatic heterocycles. The van der Waals surface area contributed by atoms with E-state index in [4.69, 9.17) is 12.3 Å². The van der Waals surface area contributed by atoms with Gasteiger partial charge in [-0.25, -0.2) is 0 Å². The van der Waals surface area contributed by atoms with Crippen LogP contribution in [0.1, 0.15) is 551 Å². The average molecular weight is 1750 g/mol. The Labute approximate surface area is 737 Å². The van der Waals surface area contributed by atoms with Crippen LogP contribution in [-0.4, -0.2) is 43.9 Å². The minimum atomic E-state index is -7.26. The van der Waals surface area contributed by atoms with Gasteiger partial charge in [0.05, 0.1) is 0 Å². The Bertz CT molecular complexity index is 2160. The molecule has 0 heterocycles. The predicted molar refractivity (Wildman–Crippen MR) is 513 cm³/mol. The average Bonchev–Trinajstić information content (AvgIpc) is 0.780. The molecule has 0 aliphatic carbocycles. The van der Waals surface area contributed by atoms with E-state index in [1.807, 2.05) is 0 Å². The molecule has 0 fully saturated rings. The normalized spacial score (nSPS) is 15.3. The maximum atomic E-state index is 17.8. The van der Waals surface area contributed by atoms with Crippen LogP contribution in [0, 0.1) is 71.0 Å². The zero-order valence-electron chi connectivity index (χ0n) is 83.1. The topological polar surface area (TPSA) is 105 Å². The van der Waals surface area contributed by atoms with Crippen LogP contribution in [0.25, 0.3) is 0 Å². The third-order valence-electron chi connectivity index (χ3n) is 28.3. The first-order chi connectivity index (χ1) is 56.6. The fraction of sp³-hybridized carbons (Fsp3) is 0.889. The van der Waals surface area contributed by atoms with Gasteiger partial charge in [-0.05, 0) is 0 Å². The monoisotopic (exact) mass is 1750 g/mol. The number of carbonyl (C=O) groups excluding carboxylic acids is 4. The summed E-state index contributed by atoms with van der Waals surface area (Å²) in [5.74, 6) is 0.926. The van der Waals surface area contributed by atoms with Crippen LogP contribution >= 0.6 is 0 Å². The third-order valence-corrected chi connectivity index (χ3v) is 33.3. The molecule has 12 atom stereocenters. The fourth-order valence-electron chi connectivity index (χ4n) is 18.9. The number of rotatable bonds is 80. The summed E-state index contributed by atoms with van der Waals surface area (Å²) >= 11 is -7.26. The van der Waals surface area contributed by atoms with Crippen LogP contribution in [0.2, 0.25) is 0 Å². The van der Waals surface area contributed by atoms with Crippen molar-refractivity contribution in [2.75, 3.05) is 0 Å². The van der Waals surface area contributed by atoms with Gasteiger partial charge in [-0.1, -0.05) is 0 Å². The molecule has 0 aromatic heterocycles. The van der Waals surface area contributed by atoms with Crippen molar-refractivity contribution in [2.24, 2.45) is 71.0 Å². The van der Waals surface area contributed by atoms with Crippen LogP contribution in [0.4, 0.5) is 0 Å². The van der Waals surface area contributed by atoms with Crippen molar-refractivity contribution in [3.05, 3.63) is 44.6 Å². The molecule has 9 heteroatoms. The number of carbonyl (C=O) groups is 4. The van der Waals surface area contributed by atoms with Crippen molar-refractivity contribution in [3.8, 4) is 0 Å². The van der Waals surface area contributed by atoms with Gasteiger partial charge in [-0.2, -0.15) is 0 Å². The minimum absolute atomic E-state index is 0.157. The summed E-state index contributed by atoms with van der Waals surface area (Å²) in [6.07, 6.45) is 57.5. The Morgan fingerprint density at radius 1 is 0.171 bits per heavy atom. The molecule has 0 radical (unpaired) electrons. The molecule has 0 saturated heterocycles. The molecule has 688 valence electrons. The third kappa shape index (κ3) is 49.2. The van der Waals surface area contributed by atoms with Gasteiger partial charge in [0.15, 0.2) is 0 Å². The van der Waals surface area contributed by atoms with Gasteiger partial charge in [0, 0.05) is 0 Å². The van der Waals surface area contributed by atoms with Gasteiger partial charge in [0.2, 0.25) is 0 Å². The quantitative estimate of drug-likeness (QED) is 0.0438. The summed E-state index contributed by atoms with van der Waals surface area (Å²) in [5.41, 5.74) is 7.16. The van der Waals surface area contributed by atoms with Gasteiger partial charge < -0.3 is 0 Å². The van der Waals surface area contributed by atoms with Gasteiger partial charge >= 0.3 is 742 Å². The van der Waals surface area contributed by atoms with Crippen LogP contribution in [0.3, 0.4) is 0 Å². The maximum absolute atomic E-state index is 17.8. The summed E-state index contributed by atoms with van der Waals surface area (Å²) in [7, 11) is 0. The van der Waals surface area contributed by atoms with Crippen molar-refractivity contribution >= 4 is 43.9 Å². The summed E-state index contributed by atoms with van der Waals surface area (Å²) in [6.45, 7) is 55.2. The van der Waals surface area contributed by atoms with Gasteiger partial charge in [0.25, 0.3) is 0 Å². The van der Waals surface area contributed by atoms with Crippen LogP contribution in [0.15, 0.2) is 44.6 Å². The van der Waals surface area contributed by atoms with Gasteiger partial charge in [-0.15, -0.1) is 0 Å². The second-order valence-corrected chi connectivity index (χ2v) is 43.0. The second-order valence-electron chi connectivity index (χ2n) is 37.8. The summed E-state index contributed by atoms with van der Waals surface area (Å²) in [4.78, 5) is 71.4. The van der Waals surface area contributed by atoms with Crippen LogP contribution in [0.5, 0.6) is 0 Å². The Hall–Kier alpha value is -2.36. The van der Waals surface area contributed by atoms with Crippen molar-refractivity contribution in [2.45, 2.75) is 551 Å². The molecule has 12 unspecified atom stereocenters. The fourth-order valence-corrected chi connectivity index (χ4v) is 23.6. The Kier molecular flexibility index (Phi) is 72.4. The van der Waals surface area contributed by atoms with Crippen molar-refractivity contribution in [1.29, 1.82) is 0 Å². The molecular weight excluding hydrogens is 1540 g/mol. The van der Waals surface area contributed by atoms with Gasteiger partial charge in [-0.3, -0.25) is 0 Å². The zero-order chi connectivity index (χ0) is 87.6. The first kappa shape index (κ1) is 115. The molecule has 117 heavy (non-hydrogen) atoms. The van der Waals surface area contributed by atoms with E-state index in [9.17, 15) is 0 Å². The summed E-state index contributed by atoms with van der Waals surface area (Å²) in [5, 5.41) is 0. The Balaban J connectivity index is 12.0. The SMILES string of the molecule is CCCCC(CC)CC(CC(CC)CCCC)=C(CC(CC)CCCC)C(=O)[O][Sn]([O]C(=O)C(CC(CC)CCCC)=C(CC(CC)CCCC)CC(CC)CCCC)([O]C(=O)C(CC(CC)CCCC)=C(CC(CC)CCCC)CC(CC)CCCC)[O]C(=O)C(CC(CC)CCCC)=C(CC(CC)CCCC)CC(CC)CCCC. The molecule has 0 spiro atoms. The standard InChI is InChI=1S/4C27H52O2.Sn/c4*1-7-13-16-22(10-4)19-25(20-23(11-5)17-14-8-2)26(27(28)29)21-24(12-6)18-15-9-3;/h4*22-24H,7-21H2,1-6H3,(H,28,29);/q;;;;+4/p-4. The van der Waals surface area contributed by atoms with E-state index in [2.05, 4.69) is 166 Å². The van der Waals surface area contributed by atoms with E-state index in [0.29, 0.717) is 95.3 Å². The Morgan fingerprint density at radius 2 is 0.274 bits per heavy atom. The molecule has 0 N–H and O–H groups in total. The van der Waals surface area contributed by atoms with E-state index in [1.165, 1.54) is 0 Å². The van der Waals surface area contributed by atoms with E-state index in [1.54, 1.807) is 0 Å². The molecule has 0 amide bonds. The molecule has 0 aromatic rings. The predicted octanol–water partition coefficient (Wildman–Crippen LogP) is 36.1. The molecule has 8 nitrogen and oxygen atoms in total. The molecule has 0 bridgehead atoms. The van der Waals surface area contributed by atoms with E-state index in [0.717, 1.165) is 382 Å². The molecule has 0 aliphatic rings. The van der Waals surface area contributed by atoms with Crippen LogP contribution < -0.4 is 0 Å². The number of allylic oxidation sites excluding steroid dienone is 4. The number of hydrogen-bond acceptors (Lipinski definition) is 8. The van der Waals surface area contributed by atoms with Crippen molar-refractivity contribution < 1.29 is 31.5 Å². The van der Waals surface area contributed by atoms with Crippen molar-refractivity contribution in [1.82, 2.24) is 0 Å². The first-order valence-corrected chi connectivity index (χ1v) is 57.0.